The van der Waals surface area contributed by atoms with Crippen LogP contribution in [0, 0.1) is 12.7 Å². The predicted octanol–water partition coefficient (Wildman–Crippen LogP) is 1.01. The molecule has 0 radical (unpaired) electrons. The van der Waals surface area contributed by atoms with Gasteiger partial charge in [-0.3, -0.25) is 28.0 Å². The number of hydrogen-bond donors (Lipinski definition) is 2. The minimum Gasteiger partial charge on any atom is -0.338 e. The number of pyridine rings is 1. The maximum atomic E-state index is 14.8. The SMILES string of the molecule is Bc1ccc(Nc2c3c(=O)n(C4CC4)c(=O)n(-c4cccc(NS(C)(=O)=O)c4)c3c(C)c(=O)n2C)c(F)c1. The van der Waals surface area contributed by atoms with Crippen molar-refractivity contribution in [1.29, 1.82) is 0 Å². The molecule has 1 aliphatic rings. The highest BCUT2D eigenvalue weighted by Crippen LogP contribution is 2.34. The molecule has 4 aromatic rings. The van der Waals surface area contributed by atoms with Crippen molar-refractivity contribution in [2.75, 3.05) is 16.3 Å². The van der Waals surface area contributed by atoms with Gasteiger partial charge in [-0.1, -0.05) is 17.6 Å². The molecule has 38 heavy (non-hydrogen) atoms. The summed E-state index contributed by atoms with van der Waals surface area (Å²) in [4.78, 5) is 41.0. The highest BCUT2D eigenvalue weighted by molar-refractivity contribution is 7.92. The Labute approximate surface area is 217 Å². The molecule has 0 saturated heterocycles. The van der Waals surface area contributed by atoms with E-state index in [0.717, 1.165) is 10.8 Å². The minimum atomic E-state index is -3.61. The third-order valence-electron chi connectivity index (χ3n) is 6.54. The molecule has 2 N–H and O–H groups in total. The quantitative estimate of drug-likeness (QED) is 0.354. The molecule has 2 aromatic carbocycles. The second-order valence-corrected chi connectivity index (χ2v) is 11.4. The molecule has 196 valence electrons. The molecule has 2 heterocycles. The lowest BCUT2D eigenvalue weighted by molar-refractivity contribution is 0.607. The fourth-order valence-corrected chi connectivity index (χ4v) is 5.18. The highest BCUT2D eigenvalue weighted by Gasteiger charge is 2.31. The van der Waals surface area contributed by atoms with Gasteiger partial charge in [0.15, 0.2) is 0 Å². The summed E-state index contributed by atoms with van der Waals surface area (Å²) < 4.78 is 44.5. The zero-order valence-corrected chi connectivity index (χ0v) is 22.0. The standard InChI is InChI=1S/C25H25BFN5O5S/c1-13-21-20(22(30(2)23(13)33)28-19-10-7-14(26)11-18(19)27)24(34)32(16-8-9-16)25(35)31(21)17-6-4-5-15(12-17)29-38(3,36)37/h4-7,10-12,16,28-29H,8-9,26H2,1-3H3. The van der Waals surface area contributed by atoms with E-state index >= 15 is 0 Å². The summed E-state index contributed by atoms with van der Waals surface area (Å²) >= 11 is 0. The van der Waals surface area contributed by atoms with Gasteiger partial charge in [-0.05, 0) is 50.1 Å². The molecule has 0 atom stereocenters. The number of halogens is 1. The van der Waals surface area contributed by atoms with Crippen LogP contribution in [0.4, 0.5) is 21.6 Å². The van der Waals surface area contributed by atoms with Crippen LogP contribution in [0.2, 0.25) is 0 Å². The monoisotopic (exact) mass is 537 g/mol. The second kappa shape index (κ2) is 9.01. The maximum Gasteiger partial charge on any atom is 0.336 e. The molecule has 0 bridgehead atoms. The number of nitrogens with zero attached hydrogens (tertiary/aromatic N) is 3. The minimum absolute atomic E-state index is 0.0388. The van der Waals surface area contributed by atoms with Crippen molar-refractivity contribution in [3.05, 3.63) is 85.0 Å². The maximum absolute atomic E-state index is 14.8. The van der Waals surface area contributed by atoms with Crippen molar-refractivity contribution in [3.63, 3.8) is 0 Å². The molecular weight excluding hydrogens is 512 g/mol. The number of aryl methyl sites for hydroxylation is 1. The van der Waals surface area contributed by atoms with Crippen molar-refractivity contribution in [1.82, 2.24) is 13.7 Å². The first-order valence-electron chi connectivity index (χ1n) is 11.9. The van der Waals surface area contributed by atoms with E-state index in [4.69, 9.17) is 0 Å². The largest absolute Gasteiger partial charge is 0.338 e. The Kier molecular flexibility index (Phi) is 6.05. The number of fused-ring (bicyclic) bond motifs is 1. The molecule has 2 aromatic heterocycles. The fraction of sp³-hybridized carbons (Fsp3) is 0.240. The van der Waals surface area contributed by atoms with E-state index in [2.05, 4.69) is 10.0 Å². The third kappa shape index (κ3) is 4.42. The first-order chi connectivity index (χ1) is 17.9. The van der Waals surface area contributed by atoms with Crippen LogP contribution in [0.5, 0.6) is 0 Å². The van der Waals surface area contributed by atoms with Crippen LogP contribution in [-0.4, -0.2) is 36.2 Å². The highest BCUT2D eigenvalue weighted by atomic mass is 32.2. The van der Waals surface area contributed by atoms with E-state index in [-0.39, 0.29) is 45.4 Å². The summed E-state index contributed by atoms with van der Waals surface area (Å²) in [6.45, 7) is 1.51. The van der Waals surface area contributed by atoms with Crippen molar-refractivity contribution in [2.45, 2.75) is 25.8 Å². The van der Waals surface area contributed by atoms with Crippen LogP contribution < -0.4 is 32.3 Å². The smallest absolute Gasteiger partial charge is 0.336 e. The molecule has 5 rings (SSSR count). The number of anilines is 3. The summed E-state index contributed by atoms with van der Waals surface area (Å²) in [5.41, 5.74) is -0.318. The van der Waals surface area contributed by atoms with Crippen LogP contribution in [0.25, 0.3) is 16.6 Å². The predicted molar refractivity (Wildman–Crippen MR) is 148 cm³/mol. The van der Waals surface area contributed by atoms with Gasteiger partial charge in [0.05, 0.1) is 28.8 Å². The molecule has 0 amide bonds. The van der Waals surface area contributed by atoms with Crippen LogP contribution in [0.3, 0.4) is 0 Å². The number of benzene rings is 2. The Morgan fingerprint density at radius 1 is 1.05 bits per heavy atom. The zero-order chi connectivity index (χ0) is 27.5. The van der Waals surface area contributed by atoms with Crippen LogP contribution >= 0.6 is 0 Å². The van der Waals surface area contributed by atoms with Crippen LogP contribution in [0.1, 0.15) is 24.4 Å². The number of aromatic nitrogens is 3. The van der Waals surface area contributed by atoms with Gasteiger partial charge in [0, 0.05) is 18.7 Å². The molecule has 13 heteroatoms. The van der Waals surface area contributed by atoms with Gasteiger partial charge < -0.3 is 5.32 Å². The van der Waals surface area contributed by atoms with Crippen molar-refractivity contribution < 1.29 is 12.8 Å². The average molecular weight is 537 g/mol. The molecule has 1 fully saturated rings. The average Bonchev–Trinajstić information content (AvgIpc) is 3.66. The Morgan fingerprint density at radius 2 is 1.76 bits per heavy atom. The summed E-state index contributed by atoms with van der Waals surface area (Å²) in [7, 11) is -0.399. The third-order valence-corrected chi connectivity index (χ3v) is 7.15. The van der Waals surface area contributed by atoms with E-state index in [1.54, 1.807) is 26.0 Å². The zero-order valence-electron chi connectivity index (χ0n) is 21.2. The number of rotatable bonds is 6. The van der Waals surface area contributed by atoms with E-state index in [0.29, 0.717) is 18.3 Å². The molecule has 0 unspecified atom stereocenters. The van der Waals surface area contributed by atoms with Crippen molar-refractivity contribution in [3.8, 4) is 5.69 Å². The van der Waals surface area contributed by atoms with Gasteiger partial charge >= 0.3 is 5.69 Å². The van der Waals surface area contributed by atoms with Gasteiger partial charge in [0.1, 0.15) is 24.9 Å². The summed E-state index contributed by atoms with van der Waals surface area (Å²) in [5.74, 6) is -0.529. The molecule has 0 spiro atoms. The Bertz CT molecular complexity index is 1930. The normalized spacial score (nSPS) is 13.6. The first kappa shape index (κ1) is 25.5. The summed E-state index contributed by atoms with van der Waals surface area (Å²) in [6.07, 6.45) is 2.28. The van der Waals surface area contributed by atoms with Crippen LogP contribution in [-0.2, 0) is 17.1 Å². The Hall–Kier alpha value is -4.13. The van der Waals surface area contributed by atoms with Crippen LogP contribution in [0.15, 0.2) is 56.8 Å². The topological polar surface area (TPSA) is 124 Å². The van der Waals surface area contributed by atoms with Crippen molar-refractivity contribution in [2.24, 2.45) is 7.05 Å². The van der Waals surface area contributed by atoms with Gasteiger partial charge in [-0.15, -0.1) is 0 Å². The Morgan fingerprint density at radius 3 is 2.39 bits per heavy atom. The van der Waals surface area contributed by atoms with E-state index in [1.807, 2.05) is 0 Å². The Balaban J connectivity index is 1.90. The van der Waals surface area contributed by atoms with E-state index < -0.39 is 32.6 Å². The first-order valence-corrected chi connectivity index (χ1v) is 13.8. The number of sulfonamides is 1. The lowest BCUT2D eigenvalue weighted by Gasteiger charge is -2.21. The van der Waals surface area contributed by atoms with E-state index in [9.17, 15) is 27.2 Å². The van der Waals surface area contributed by atoms with Gasteiger partial charge in [-0.2, -0.15) is 0 Å². The molecular formula is C25H25BFN5O5S. The fourth-order valence-electron chi connectivity index (χ4n) is 4.63. The summed E-state index contributed by atoms with van der Waals surface area (Å²) in [6, 6.07) is 10.3. The van der Waals surface area contributed by atoms with E-state index in [1.165, 1.54) is 47.4 Å². The molecule has 10 nitrogen and oxygen atoms in total. The lowest BCUT2D eigenvalue weighted by atomic mass is 9.96. The molecule has 0 aliphatic heterocycles. The lowest BCUT2D eigenvalue weighted by Crippen LogP contribution is -2.41. The molecule has 1 saturated carbocycles. The number of hydrogen-bond acceptors (Lipinski definition) is 6. The van der Waals surface area contributed by atoms with Gasteiger partial charge in [-0.25, -0.2) is 17.6 Å². The van der Waals surface area contributed by atoms with Crippen molar-refractivity contribution >= 4 is 51.4 Å². The van der Waals surface area contributed by atoms with Gasteiger partial charge in [0.2, 0.25) is 10.0 Å². The number of nitrogens with one attached hydrogen (secondary N) is 2. The summed E-state index contributed by atoms with van der Waals surface area (Å²) in [5, 5.41) is 2.95. The molecule has 1 aliphatic carbocycles. The second-order valence-electron chi connectivity index (χ2n) is 9.62. The van der Waals surface area contributed by atoms with Gasteiger partial charge in [0.25, 0.3) is 11.1 Å².